The Kier molecular flexibility index (Phi) is 6.53. The number of benzene rings is 3. The average Bonchev–Trinajstić information content (AvgIpc) is 3.26. The summed E-state index contributed by atoms with van der Waals surface area (Å²) in [6.45, 7) is 1.97. The molecule has 0 saturated heterocycles. The number of rotatable bonds is 8. The molecule has 1 heterocycles. The Morgan fingerprint density at radius 3 is 2.16 bits per heavy atom. The Balaban J connectivity index is 1.28. The summed E-state index contributed by atoms with van der Waals surface area (Å²) in [4.78, 5) is 12.2. The van der Waals surface area contributed by atoms with E-state index in [1.54, 1.807) is 0 Å². The molecule has 1 N–H and O–H groups in total. The smallest absolute Gasteiger partial charge is 0.220 e. The quantitative estimate of drug-likeness (QED) is 0.436. The highest BCUT2D eigenvalue weighted by Crippen LogP contribution is 2.20. The third-order valence-electron chi connectivity index (χ3n) is 5.17. The molecule has 0 bridgehead atoms. The first-order chi connectivity index (χ1) is 15.2. The predicted molar refractivity (Wildman–Crippen MR) is 120 cm³/mol. The van der Waals surface area contributed by atoms with E-state index in [0.717, 1.165) is 11.1 Å². The number of nitrogens with one attached hydrogen (secondary N) is 1. The van der Waals surface area contributed by atoms with E-state index in [9.17, 15) is 4.79 Å². The minimum absolute atomic E-state index is 0.0346. The van der Waals surface area contributed by atoms with Crippen LogP contribution in [0.1, 0.15) is 42.3 Å². The third-order valence-corrected chi connectivity index (χ3v) is 5.17. The fourth-order valence-electron chi connectivity index (χ4n) is 3.44. The highest BCUT2D eigenvalue weighted by molar-refractivity contribution is 5.76. The molecule has 5 heteroatoms. The van der Waals surface area contributed by atoms with Gasteiger partial charge in [0.15, 0.2) is 0 Å². The van der Waals surface area contributed by atoms with Gasteiger partial charge in [0.1, 0.15) is 0 Å². The molecule has 0 radical (unpaired) electrons. The van der Waals surface area contributed by atoms with Crippen molar-refractivity contribution < 1.29 is 9.21 Å². The maximum absolute atomic E-state index is 12.2. The van der Waals surface area contributed by atoms with Crippen molar-refractivity contribution in [2.45, 2.75) is 32.2 Å². The van der Waals surface area contributed by atoms with Crippen LogP contribution in [0.5, 0.6) is 0 Å². The Morgan fingerprint density at radius 1 is 0.839 bits per heavy atom. The van der Waals surface area contributed by atoms with Crippen molar-refractivity contribution in [1.29, 1.82) is 0 Å². The largest absolute Gasteiger partial charge is 0.425 e. The predicted octanol–water partition coefficient (Wildman–Crippen LogP) is 5.14. The molecule has 1 atom stereocenters. The molecule has 0 saturated carbocycles. The second-order valence-corrected chi connectivity index (χ2v) is 7.53. The average molecular weight is 412 g/mol. The number of amides is 1. The van der Waals surface area contributed by atoms with E-state index in [1.165, 1.54) is 11.1 Å². The van der Waals surface area contributed by atoms with E-state index in [1.807, 2.05) is 55.5 Å². The van der Waals surface area contributed by atoms with Gasteiger partial charge in [-0.3, -0.25) is 4.79 Å². The molecule has 4 rings (SSSR count). The maximum atomic E-state index is 12.2. The Morgan fingerprint density at radius 2 is 1.45 bits per heavy atom. The standard InChI is InChI=1S/C26H25N3O2/c1-19(21-8-4-2-5-9-21)27-24(30)16-17-25-28-29-26(31-25)18-20-12-14-23(15-13-20)22-10-6-3-7-11-22/h2-15,19H,16-18H2,1H3,(H,27,30). The van der Waals surface area contributed by atoms with Gasteiger partial charge in [0.25, 0.3) is 0 Å². The monoisotopic (exact) mass is 411 g/mol. The first-order valence-electron chi connectivity index (χ1n) is 10.5. The van der Waals surface area contributed by atoms with Gasteiger partial charge in [-0.2, -0.15) is 0 Å². The van der Waals surface area contributed by atoms with Gasteiger partial charge in [-0.25, -0.2) is 0 Å². The van der Waals surface area contributed by atoms with Crippen LogP contribution in [-0.2, 0) is 17.6 Å². The van der Waals surface area contributed by atoms with Gasteiger partial charge in [0.05, 0.1) is 12.5 Å². The van der Waals surface area contributed by atoms with Crippen LogP contribution in [0.4, 0.5) is 0 Å². The summed E-state index contributed by atoms with van der Waals surface area (Å²) in [5.74, 6) is 1.01. The summed E-state index contributed by atoms with van der Waals surface area (Å²) in [5, 5.41) is 11.2. The molecule has 0 spiro atoms. The van der Waals surface area contributed by atoms with Crippen LogP contribution in [0, 0.1) is 0 Å². The van der Waals surface area contributed by atoms with Gasteiger partial charge in [-0.15, -0.1) is 10.2 Å². The van der Waals surface area contributed by atoms with Crippen LogP contribution < -0.4 is 5.32 Å². The van der Waals surface area contributed by atoms with Crippen LogP contribution in [-0.4, -0.2) is 16.1 Å². The summed E-state index contributed by atoms with van der Waals surface area (Å²) in [6.07, 6.45) is 1.30. The molecule has 1 unspecified atom stereocenters. The minimum Gasteiger partial charge on any atom is -0.425 e. The molecular formula is C26H25N3O2. The van der Waals surface area contributed by atoms with Crippen molar-refractivity contribution in [1.82, 2.24) is 15.5 Å². The zero-order valence-corrected chi connectivity index (χ0v) is 17.5. The second kappa shape index (κ2) is 9.85. The van der Waals surface area contributed by atoms with Gasteiger partial charge in [0.2, 0.25) is 17.7 Å². The van der Waals surface area contributed by atoms with Crippen LogP contribution in [0.3, 0.4) is 0 Å². The fourth-order valence-corrected chi connectivity index (χ4v) is 3.44. The zero-order valence-electron chi connectivity index (χ0n) is 17.5. The molecule has 0 fully saturated rings. The zero-order chi connectivity index (χ0) is 21.5. The summed E-state index contributed by atoms with van der Waals surface area (Å²) in [5.41, 5.74) is 4.54. The van der Waals surface area contributed by atoms with Crippen molar-refractivity contribution in [3.8, 4) is 11.1 Å². The van der Waals surface area contributed by atoms with Crippen LogP contribution in [0.2, 0.25) is 0 Å². The molecule has 3 aromatic carbocycles. The number of nitrogens with zero attached hydrogens (tertiary/aromatic N) is 2. The molecule has 4 aromatic rings. The van der Waals surface area contributed by atoms with Crippen molar-refractivity contribution in [2.24, 2.45) is 0 Å². The first-order valence-corrected chi connectivity index (χ1v) is 10.5. The number of aromatic nitrogens is 2. The number of carbonyl (C=O) groups excluding carboxylic acids is 1. The van der Waals surface area contributed by atoms with Crippen LogP contribution in [0.15, 0.2) is 89.3 Å². The molecule has 1 aromatic heterocycles. The van der Waals surface area contributed by atoms with Gasteiger partial charge < -0.3 is 9.73 Å². The Bertz CT molecular complexity index is 1110. The summed E-state index contributed by atoms with van der Waals surface area (Å²) < 4.78 is 5.74. The SMILES string of the molecule is CC(NC(=O)CCc1nnc(Cc2ccc(-c3ccccc3)cc2)o1)c1ccccc1. The molecular weight excluding hydrogens is 386 g/mol. The third kappa shape index (κ3) is 5.66. The van der Waals surface area contributed by atoms with Crippen molar-refractivity contribution >= 4 is 5.91 Å². The van der Waals surface area contributed by atoms with Crippen molar-refractivity contribution in [3.63, 3.8) is 0 Å². The number of hydrogen-bond acceptors (Lipinski definition) is 4. The van der Waals surface area contributed by atoms with E-state index < -0.39 is 0 Å². The molecule has 156 valence electrons. The van der Waals surface area contributed by atoms with Crippen LogP contribution >= 0.6 is 0 Å². The van der Waals surface area contributed by atoms with E-state index in [-0.39, 0.29) is 11.9 Å². The number of aryl methyl sites for hydroxylation is 1. The topological polar surface area (TPSA) is 68.0 Å². The molecule has 5 nitrogen and oxygen atoms in total. The molecule has 31 heavy (non-hydrogen) atoms. The van der Waals surface area contributed by atoms with E-state index in [2.05, 4.69) is 51.9 Å². The molecule has 0 aliphatic rings. The number of hydrogen-bond donors (Lipinski definition) is 1. The van der Waals surface area contributed by atoms with Gasteiger partial charge >= 0.3 is 0 Å². The fraction of sp³-hybridized carbons (Fsp3) is 0.192. The van der Waals surface area contributed by atoms with Gasteiger partial charge in [-0.05, 0) is 29.2 Å². The normalized spacial score (nSPS) is 11.8. The highest BCUT2D eigenvalue weighted by atomic mass is 16.4. The Hall–Kier alpha value is -3.73. The van der Waals surface area contributed by atoms with Gasteiger partial charge in [0, 0.05) is 12.8 Å². The number of carbonyl (C=O) groups is 1. The molecule has 1 amide bonds. The lowest BCUT2D eigenvalue weighted by Gasteiger charge is -2.13. The Labute approximate surface area is 182 Å². The van der Waals surface area contributed by atoms with Crippen molar-refractivity contribution in [2.75, 3.05) is 0 Å². The first kappa shape index (κ1) is 20.5. The summed E-state index contributed by atoms with van der Waals surface area (Å²) >= 11 is 0. The molecule has 0 aliphatic heterocycles. The minimum atomic E-state index is -0.0363. The summed E-state index contributed by atoms with van der Waals surface area (Å²) in [6, 6.07) is 28.5. The lowest BCUT2D eigenvalue weighted by Crippen LogP contribution is -2.26. The lowest BCUT2D eigenvalue weighted by atomic mass is 10.0. The lowest BCUT2D eigenvalue weighted by molar-refractivity contribution is -0.121. The summed E-state index contributed by atoms with van der Waals surface area (Å²) in [7, 11) is 0. The van der Waals surface area contributed by atoms with Crippen molar-refractivity contribution in [3.05, 3.63) is 108 Å². The van der Waals surface area contributed by atoms with E-state index >= 15 is 0 Å². The van der Waals surface area contributed by atoms with E-state index in [0.29, 0.717) is 31.0 Å². The highest BCUT2D eigenvalue weighted by Gasteiger charge is 2.12. The van der Waals surface area contributed by atoms with E-state index in [4.69, 9.17) is 4.42 Å². The van der Waals surface area contributed by atoms with Gasteiger partial charge in [-0.1, -0.05) is 84.9 Å². The second-order valence-electron chi connectivity index (χ2n) is 7.53. The maximum Gasteiger partial charge on any atom is 0.220 e. The molecule has 0 aliphatic carbocycles. The van der Waals surface area contributed by atoms with Crippen LogP contribution in [0.25, 0.3) is 11.1 Å².